The number of hydrogen-bond acceptors (Lipinski definition) is 4. The maximum Gasteiger partial charge on any atom is 0.235 e. The molecule has 0 N–H and O–H groups in total. The van der Waals surface area contributed by atoms with Crippen molar-refractivity contribution in [2.75, 3.05) is 0 Å². The van der Waals surface area contributed by atoms with Crippen LogP contribution in [0.4, 0.5) is 0 Å². The van der Waals surface area contributed by atoms with E-state index >= 15 is 0 Å². The van der Waals surface area contributed by atoms with Crippen LogP contribution in [0, 0.1) is 13.8 Å². The van der Waals surface area contributed by atoms with Gasteiger partial charge in [0.25, 0.3) is 0 Å². The van der Waals surface area contributed by atoms with Gasteiger partial charge in [0.15, 0.2) is 0 Å². The van der Waals surface area contributed by atoms with Crippen LogP contribution in [0.1, 0.15) is 16.7 Å². The van der Waals surface area contributed by atoms with Crippen LogP contribution in [0.25, 0.3) is 11.0 Å². The van der Waals surface area contributed by atoms with Crippen LogP contribution >= 0.6 is 15.9 Å². The van der Waals surface area contributed by atoms with Gasteiger partial charge in [-0.05, 0) is 60.9 Å². The maximum atomic E-state index is 12.8. The van der Waals surface area contributed by atoms with E-state index in [1.54, 1.807) is 18.2 Å². The summed E-state index contributed by atoms with van der Waals surface area (Å²) >= 11 is 3.42. The zero-order valence-corrected chi connectivity index (χ0v) is 17.7. The Bertz CT molecular complexity index is 1230. The molecule has 0 aliphatic carbocycles. The predicted molar refractivity (Wildman–Crippen MR) is 117 cm³/mol. The quantitative estimate of drug-likeness (QED) is 0.346. The van der Waals surface area contributed by atoms with E-state index in [2.05, 4.69) is 15.9 Å². The van der Waals surface area contributed by atoms with E-state index in [1.165, 1.54) is 6.26 Å². The molecule has 0 fully saturated rings. The van der Waals surface area contributed by atoms with Crippen LogP contribution in [0.2, 0.25) is 0 Å². The summed E-state index contributed by atoms with van der Waals surface area (Å²) in [4.78, 5) is 12.8. The Hall–Kier alpha value is -3.05. The molecular formula is C24H19BrO4. The second-order valence-electron chi connectivity index (χ2n) is 6.87. The van der Waals surface area contributed by atoms with Gasteiger partial charge < -0.3 is 13.9 Å². The van der Waals surface area contributed by atoms with Crippen molar-refractivity contribution in [1.82, 2.24) is 0 Å². The van der Waals surface area contributed by atoms with Crippen molar-refractivity contribution in [2.24, 2.45) is 0 Å². The van der Waals surface area contributed by atoms with E-state index in [-0.39, 0.29) is 11.2 Å². The highest BCUT2D eigenvalue weighted by Gasteiger charge is 2.11. The summed E-state index contributed by atoms with van der Waals surface area (Å²) < 4.78 is 18.3. The highest BCUT2D eigenvalue weighted by molar-refractivity contribution is 9.10. The van der Waals surface area contributed by atoms with E-state index in [1.807, 2.05) is 56.3 Å². The van der Waals surface area contributed by atoms with Gasteiger partial charge in [0, 0.05) is 10.5 Å². The number of ether oxygens (including phenoxy) is 2. The second-order valence-corrected chi connectivity index (χ2v) is 7.79. The normalized spacial score (nSPS) is 10.9. The predicted octanol–water partition coefficient (Wildman–Crippen LogP) is 6.54. The number of rotatable bonds is 5. The Kier molecular flexibility index (Phi) is 5.41. The van der Waals surface area contributed by atoms with Gasteiger partial charge in [-0.15, -0.1) is 0 Å². The van der Waals surface area contributed by atoms with Crippen molar-refractivity contribution in [3.63, 3.8) is 0 Å². The van der Waals surface area contributed by atoms with E-state index in [0.29, 0.717) is 29.1 Å². The molecular weight excluding hydrogens is 432 g/mol. The summed E-state index contributed by atoms with van der Waals surface area (Å²) in [5.41, 5.74) is 3.30. The minimum absolute atomic E-state index is 0.162. The molecule has 0 atom stereocenters. The molecule has 0 bridgehead atoms. The standard InChI is InChI=1S/C24H19BrO4/c1-15-3-4-16(2)21(11-15)29-23-14-28-22-12-19(9-10-20(22)24(23)26)27-13-17-5-7-18(25)8-6-17/h3-12,14H,13H2,1-2H3. The van der Waals surface area contributed by atoms with Gasteiger partial charge in [-0.3, -0.25) is 4.79 Å². The third-order valence-corrected chi connectivity index (χ3v) is 5.13. The molecule has 0 spiro atoms. The van der Waals surface area contributed by atoms with Crippen LogP contribution in [0.3, 0.4) is 0 Å². The summed E-state index contributed by atoms with van der Waals surface area (Å²) in [5.74, 6) is 1.44. The van der Waals surface area contributed by atoms with Gasteiger partial charge >= 0.3 is 0 Å². The first-order chi connectivity index (χ1) is 14.0. The van der Waals surface area contributed by atoms with E-state index in [4.69, 9.17) is 13.9 Å². The Morgan fingerprint density at radius 3 is 2.52 bits per heavy atom. The van der Waals surface area contributed by atoms with Gasteiger partial charge in [0.05, 0.1) is 5.39 Å². The van der Waals surface area contributed by atoms with Crippen LogP contribution in [-0.4, -0.2) is 0 Å². The van der Waals surface area contributed by atoms with Gasteiger partial charge in [-0.1, -0.05) is 40.2 Å². The Labute approximate surface area is 176 Å². The van der Waals surface area contributed by atoms with Gasteiger partial charge in [0.1, 0.15) is 30.0 Å². The largest absolute Gasteiger partial charge is 0.489 e. The zero-order valence-electron chi connectivity index (χ0n) is 16.1. The van der Waals surface area contributed by atoms with Gasteiger partial charge in [0.2, 0.25) is 11.2 Å². The molecule has 3 aromatic carbocycles. The topological polar surface area (TPSA) is 48.7 Å². The lowest BCUT2D eigenvalue weighted by Crippen LogP contribution is -2.05. The van der Waals surface area contributed by atoms with Crippen molar-refractivity contribution in [3.8, 4) is 17.2 Å². The number of aryl methyl sites for hydroxylation is 2. The molecule has 1 heterocycles. The van der Waals surface area contributed by atoms with E-state index in [9.17, 15) is 4.79 Å². The molecule has 0 amide bonds. The Balaban J connectivity index is 1.57. The smallest absolute Gasteiger partial charge is 0.235 e. The highest BCUT2D eigenvalue weighted by Crippen LogP contribution is 2.27. The Morgan fingerprint density at radius 1 is 0.931 bits per heavy atom. The van der Waals surface area contributed by atoms with Crippen molar-refractivity contribution in [2.45, 2.75) is 20.5 Å². The molecule has 5 heteroatoms. The lowest BCUT2D eigenvalue weighted by molar-refractivity contribution is 0.306. The third-order valence-electron chi connectivity index (χ3n) is 4.60. The molecule has 0 unspecified atom stereocenters. The van der Waals surface area contributed by atoms with Crippen LogP contribution in [-0.2, 0) is 6.61 Å². The molecule has 0 saturated carbocycles. The van der Waals surface area contributed by atoms with Crippen molar-refractivity contribution >= 4 is 26.9 Å². The van der Waals surface area contributed by atoms with E-state index < -0.39 is 0 Å². The van der Waals surface area contributed by atoms with Crippen LogP contribution in [0.15, 0.2) is 80.6 Å². The molecule has 29 heavy (non-hydrogen) atoms. The zero-order chi connectivity index (χ0) is 20.4. The van der Waals surface area contributed by atoms with Crippen molar-refractivity contribution in [3.05, 3.63) is 98.3 Å². The van der Waals surface area contributed by atoms with Crippen molar-refractivity contribution in [1.29, 1.82) is 0 Å². The molecule has 1 aromatic heterocycles. The number of fused-ring (bicyclic) bond motifs is 1. The van der Waals surface area contributed by atoms with Gasteiger partial charge in [-0.25, -0.2) is 0 Å². The minimum Gasteiger partial charge on any atom is -0.489 e. The highest BCUT2D eigenvalue weighted by atomic mass is 79.9. The summed E-state index contributed by atoms with van der Waals surface area (Å²) in [5, 5.41) is 0.448. The minimum atomic E-state index is -0.216. The second kappa shape index (κ2) is 8.13. The molecule has 0 aliphatic rings. The summed E-state index contributed by atoms with van der Waals surface area (Å²) in [6.45, 7) is 4.34. The third kappa shape index (κ3) is 4.35. The molecule has 0 saturated heterocycles. The fraction of sp³-hybridized carbons (Fsp3) is 0.125. The lowest BCUT2D eigenvalue weighted by atomic mass is 10.1. The first-order valence-electron chi connectivity index (χ1n) is 9.17. The van der Waals surface area contributed by atoms with Gasteiger partial charge in [-0.2, -0.15) is 0 Å². The first-order valence-corrected chi connectivity index (χ1v) is 9.97. The molecule has 0 radical (unpaired) electrons. The molecule has 4 aromatic rings. The molecule has 146 valence electrons. The fourth-order valence-corrected chi connectivity index (χ4v) is 3.20. The average molecular weight is 451 g/mol. The summed E-state index contributed by atoms with van der Waals surface area (Å²) in [6.07, 6.45) is 1.35. The maximum absolute atomic E-state index is 12.8. The van der Waals surface area contributed by atoms with Crippen LogP contribution in [0.5, 0.6) is 17.2 Å². The monoisotopic (exact) mass is 450 g/mol. The summed E-state index contributed by atoms with van der Waals surface area (Å²) in [7, 11) is 0. The lowest BCUT2D eigenvalue weighted by Gasteiger charge is -2.10. The number of benzene rings is 3. The first kappa shape index (κ1) is 19.3. The molecule has 4 nitrogen and oxygen atoms in total. The number of halogens is 1. The fourth-order valence-electron chi connectivity index (χ4n) is 2.93. The molecule has 4 rings (SSSR count). The molecule has 0 aliphatic heterocycles. The van der Waals surface area contributed by atoms with Crippen LogP contribution < -0.4 is 14.9 Å². The summed E-state index contributed by atoms with van der Waals surface area (Å²) in [6, 6.07) is 19.0. The SMILES string of the molecule is Cc1ccc(C)c(Oc2coc3cc(OCc4ccc(Br)cc4)ccc3c2=O)c1. The Morgan fingerprint density at radius 2 is 1.72 bits per heavy atom. The van der Waals surface area contributed by atoms with E-state index in [0.717, 1.165) is 21.2 Å². The van der Waals surface area contributed by atoms with Crippen molar-refractivity contribution < 1.29 is 13.9 Å². The number of hydrogen-bond donors (Lipinski definition) is 0. The average Bonchev–Trinajstić information content (AvgIpc) is 2.72.